The Morgan fingerprint density at radius 2 is 1.89 bits per heavy atom. The molecule has 2 aromatic rings. The average molecular weight is 251 g/mol. The van der Waals surface area contributed by atoms with Crippen LogP contribution in [0, 0.1) is 0 Å². The third kappa shape index (κ3) is 1.83. The fourth-order valence-electron chi connectivity index (χ4n) is 2.50. The monoisotopic (exact) mass is 251 g/mol. The first-order valence-electron chi connectivity index (χ1n) is 6.13. The van der Waals surface area contributed by atoms with Gasteiger partial charge in [-0.3, -0.25) is 9.59 Å². The number of aldehydes is 1. The van der Waals surface area contributed by atoms with Gasteiger partial charge in [0.05, 0.1) is 0 Å². The third-order valence-corrected chi connectivity index (χ3v) is 3.48. The molecule has 1 aliphatic heterocycles. The Labute approximate surface area is 111 Å². The van der Waals surface area contributed by atoms with Crippen molar-refractivity contribution >= 4 is 17.8 Å². The van der Waals surface area contributed by atoms with Crippen molar-refractivity contribution in [1.29, 1.82) is 0 Å². The summed E-state index contributed by atoms with van der Waals surface area (Å²) in [6, 6.07) is 12.8. The van der Waals surface area contributed by atoms with Crippen molar-refractivity contribution in [2.24, 2.45) is 0 Å². The van der Waals surface area contributed by atoms with Gasteiger partial charge in [-0.2, -0.15) is 0 Å². The van der Waals surface area contributed by atoms with Crippen LogP contribution in [-0.2, 0) is 6.54 Å². The molecule has 2 aromatic carbocycles. The minimum absolute atomic E-state index is 0.0207. The number of carbonyl (C=O) groups excluding carboxylic acids is 2. The van der Waals surface area contributed by atoms with E-state index in [-0.39, 0.29) is 5.78 Å². The van der Waals surface area contributed by atoms with Gasteiger partial charge in [0.2, 0.25) is 0 Å². The maximum Gasteiger partial charge on any atom is 0.195 e. The zero-order valence-electron chi connectivity index (χ0n) is 10.6. The standard InChI is InChI=1S/C16H13NO2/c1-17-9-12-4-2-3-5-13(12)16(19)14-7-6-11(10-18)8-15(14)17/h2-8,10H,9H2,1H3. The highest BCUT2D eigenvalue weighted by atomic mass is 16.1. The molecule has 1 aliphatic rings. The molecule has 0 unspecified atom stereocenters. The third-order valence-electron chi connectivity index (χ3n) is 3.48. The molecule has 0 atom stereocenters. The first-order valence-corrected chi connectivity index (χ1v) is 6.13. The van der Waals surface area contributed by atoms with E-state index < -0.39 is 0 Å². The van der Waals surface area contributed by atoms with Crippen LogP contribution in [0.4, 0.5) is 5.69 Å². The van der Waals surface area contributed by atoms with Gasteiger partial charge in [-0.25, -0.2) is 0 Å². The second-order valence-electron chi connectivity index (χ2n) is 4.74. The van der Waals surface area contributed by atoms with Gasteiger partial charge in [0.1, 0.15) is 6.29 Å². The van der Waals surface area contributed by atoms with E-state index in [1.54, 1.807) is 18.2 Å². The first-order chi connectivity index (χ1) is 9.20. The van der Waals surface area contributed by atoms with Crippen LogP contribution in [0.5, 0.6) is 0 Å². The summed E-state index contributed by atoms with van der Waals surface area (Å²) in [4.78, 5) is 25.4. The number of ketones is 1. The molecule has 0 saturated heterocycles. The van der Waals surface area contributed by atoms with Crippen LogP contribution in [0.1, 0.15) is 31.8 Å². The predicted octanol–water partition coefficient (Wildman–Crippen LogP) is 2.68. The summed E-state index contributed by atoms with van der Waals surface area (Å²) >= 11 is 0. The maximum absolute atomic E-state index is 12.6. The SMILES string of the molecule is CN1Cc2ccccc2C(=O)c2ccc(C=O)cc21. The molecule has 3 heteroatoms. The van der Waals surface area contributed by atoms with Crippen LogP contribution in [-0.4, -0.2) is 19.1 Å². The molecule has 94 valence electrons. The van der Waals surface area contributed by atoms with Gasteiger partial charge in [-0.1, -0.05) is 30.3 Å². The van der Waals surface area contributed by atoms with Crippen LogP contribution >= 0.6 is 0 Å². The van der Waals surface area contributed by atoms with Gasteiger partial charge in [0.25, 0.3) is 0 Å². The van der Waals surface area contributed by atoms with Crippen molar-refractivity contribution in [1.82, 2.24) is 0 Å². The molecule has 3 rings (SSSR count). The van der Waals surface area contributed by atoms with E-state index in [9.17, 15) is 9.59 Å². The molecule has 0 bridgehead atoms. The first kappa shape index (κ1) is 11.7. The zero-order valence-corrected chi connectivity index (χ0v) is 10.6. The number of nitrogens with zero attached hydrogens (tertiary/aromatic N) is 1. The topological polar surface area (TPSA) is 37.4 Å². The van der Waals surface area contributed by atoms with Crippen LogP contribution in [0.25, 0.3) is 0 Å². The Morgan fingerprint density at radius 1 is 1.11 bits per heavy atom. The quantitative estimate of drug-likeness (QED) is 0.731. The van der Waals surface area contributed by atoms with Crippen LogP contribution in [0.2, 0.25) is 0 Å². The number of anilines is 1. The molecular weight excluding hydrogens is 238 g/mol. The van der Waals surface area contributed by atoms with E-state index in [1.807, 2.05) is 36.2 Å². The molecular formula is C16H13NO2. The van der Waals surface area contributed by atoms with E-state index in [2.05, 4.69) is 0 Å². The largest absolute Gasteiger partial charge is 0.370 e. The summed E-state index contributed by atoms with van der Waals surface area (Å²) in [6.45, 7) is 0.664. The van der Waals surface area contributed by atoms with E-state index in [0.29, 0.717) is 17.7 Å². The lowest BCUT2D eigenvalue weighted by molar-refractivity contribution is 0.103. The highest BCUT2D eigenvalue weighted by Crippen LogP contribution is 2.30. The normalized spacial score (nSPS) is 13.5. The summed E-state index contributed by atoms with van der Waals surface area (Å²) in [6.07, 6.45) is 0.802. The lowest BCUT2D eigenvalue weighted by Crippen LogP contribution is -2.16. The van der Waals surface area contributed by atoms with Crippen LogP contribution < -0.4 is 4.90 Å². The fourth-order valence-corrected chi connectivity index (χ4v) is 2.50. The van der Waals surface area contributed by atoms with Gasteiger partial charge in [-0.05, 0) is 17.7 Å². The van der Waals surface area contributed by atoms with Crippen molar-refractivity contribution < 1.29 is 9.59 Å². The van der Waals surface area contributed by atoms with Crippen LogP contribution in [0.15, 0.2) is 42.5 Å². The number of rotatable bonds is 1. The van der Waals surface area contributed by atoms with E-state index in [1.165, 1.54) is 0 Å². The molecule has 0 spiro atoms. The summed E-state index contributed by atoms with van der Waals surface area (Å²) in [5, 5.41) is 0. The Kier molecular flexibility index (Phi) is 2.67. The molecule has 0 aromatic heterocycles. The van der Waals surface area contributed by atoms with Crippen molar-refractivity contribution in [2.45, 2.75) is 6.54 Å². The van der Waals surface area contributed by atoms with Gasteiger partial charge in [0.15, 0.2) is 5.78 Å². The highest BCUT2D eigenvalue weighted by molar-refractivity contribution is 6.14. The van der Waals surface area contributed by atoms with Gasteiger partial charge in [-0.15, -0.1) is 0 Å². The van der Waals surface area contributed by atoms with E-state index >= 15 is 0 Å². The summed E-state index contributed by atoms with van der Waals surface area (Å²) in [5.41, 5.74) is 3.80. The van der Waals surface area contributed by atoms with E-state index in [4.69, 9.17) is 0 Å². The predicted molar refractivity (Wildman–Crippen MR) is 73.8 cm³/mol. The number of hydrogen-bond donors (Lipinski definition) is 0. The Balaban J connectivity index is 2.23. The van der Waals surface area contributed by atoms with Crippen molar-refractivity contribution in [3.63, 3.8) is 0 Å². The molecule has 0 radical (unpaired) electrons. The molecule has 0 saturated carbocycles. The molecule has 1 heterocycles. The Morgan fingerprint density at radius 3 is 2.68 bits per heavy atom. The van der Waals surface area contributed by atoms with E-state index in [0.717, 1.165) is 23.1 Å². The Bertz CT molecular complexity index is 676. The van der Waals surface area contributed by atoms with Gasteiger partial charge in [0, 0.05) is 36.0 Å². The smallest absolute Gasteiger partial charge is 0.195 e. The maximum atomic E-state index is 12.6. The minimum atomic E-state index is 0.0207. The zero-order chi connectivity index (χ0) is 13.4. The van der Waals surface area contributed by atoms with Crippen molar-refractivity contribution in [3.05, 3.63) is 64.7 Å². The second-order valence-corrected chi connectivity index (χ2v) is 4.74. The number of benzene rings is 2. The van der Waals surface area contributed by atoms with Crippen molar-refractivity contribution in [3.8, 4) is 0 Å². The molecule has 0 aliphatic carbocycles. The average Bonchev–Trinajstić information content (AvgIpc) is 2.55. The number of fused-ring (bicyclic) bond motifs is 2. The lowest BCUT2D eigenvalue weighted by Gasteiger charge is -2.19. The summed E-state index contributed by atoms with van der Waals surface area (Å²) in [5.74, 6) is 0.0207. The lowest BCUT2D eigenvalue weighted by atomic mass is 9.98. The molecule has 3 nitrogen and oxygen atoms in total. The molecule has 0 amide bonds. The number of carbonyl (C=O) groups is 2. The minimum Gasteiger partial charge on any atom is -0.370 e. The highest BCUT2D eigenvalue weighted by Gasteiger charge is 2.23. The summed E-state index contributed by atoms with van der Waals surface area (Å²) < 4.78 is 0. The van der Waals surface area contributed by atoms with Crippen LogP contribution in [0.3, 0.4) is 0 Å². The Hall–Kier alpha value is -2.42. The molecule has 19 heavy (non-hydrogen) atoms. The molecule has 0 fully saturated rings. The van der Waals surface area contributed by atoms with Gasteiger partial charge < -0.3 is 4.90 Å². The summed E-state index contributed by atoms with van der Waals surface area (Å²) in [7, 11) is 1.93. The van der Waals surface area contributed by atoms with Gasteiger partial charge >= 0.3 is 0 Å². The second kappa shape index (κ2) is 4.35. The number of hydrogen-bond acceptors (Lipinski definition) is 3. The van der Waals surface area contributed by atoms with Crippen molar-refractivity contribution in [2.75, 3.05) is 11.9 Å². The molecule has 0 N–H and O–H groups in total. The fraction of sp³-hybridized carbons (Fsp3) is 0.125.